The van der Waals surface area contributed by atoms with Gasteiger partial charge in [0.1, 0.15) is 17.4 Å². The maximum absolute atomic E-state index is 14.8. The lowest BCUT2D eigenvalue weighted by Crippen LogP contribution is -2.17. The number of benzene rings is 2. The Morgan fingerprint density at radius 1 is 0.941 bits per heavy atom. The van der Waals surface area contributed by atoms with Gasteiger partial charge in [-0.2, -0.15) is 0 Å². The molecule has 9 heteroatoms. The highest BCUT2D eigenvalue weighted by atomic mass is 31.2. The van der Waals surface area contributed by atoms with E-state index in [0.717, 1.165) is 36.8 Å². The third-order valence-electron chi connectivity index (χ3n) is 5.46. The van der Waals surface area contributed by atoms with Gasteiger partial charge in [-0.05, 0) is 74.2 Å². The molecule has 0 aliphatic heterocycles. The molecule has 0 aliphatic carbocycles. The van der Waals surface area contributed by atoms with Gasteiger partial charge in [0.2, 0.25) is 0 Å². The summed E-state index contributed by atoms with van der Waals surface area (Å²) < 4.78 is 44.2. The first kappa shape index (κ1) is 26.1. The number of furan rings is 1. The summed E-state index contributed by atoms with van der Waals surface area (Å²) in [5.41, 5.74) is 2.97. The predicted octanol–water partition coefficient (Wildman–Crippen LogP) is 5.71. The fourth-order valence-electron chi connectivity index (χ4n) is 3.67. The molecule has 0 atom stereocenters. The number of nitrogens with one attached hydrogen (secondary N) is 2. The Bertz CT molecular complexity index is 1070. The Hall–Kier alpha value is -2.51. The molecular weight excluding hydrogens is 461 g/mol. The summed E-state index contributed by atoms with van der Waals surface area (Å²) in [6.45, 7) is 1.29. The number of unbranched alkanes of at least 4 members (excludes halogenated alkanes) is 2. The van der Waals surface area contributed by atoms with Gasteiger partial charge in [0, 0.05) is 29.9 Å². The second kappa shape index (κ2) is 12.8. The van der Waals surface area contributed by atoms with Crippen LogP contribution in [0.15, 0.2) is 59.2 Å². The molecule has 0 fully saturated rings. The molecule has 184 valence electrons. The number of hydrogen-bond acceptors (Lipinski definition) is 4. The molecule has 0 radical (unpaired) electrons. The van der Waals surface area contributed by atoms with E-state index in [1.165, 1.54) is 18.2 Å². The van der Waals surface area contributed by atoms with Crippen molar-refractivity contribution in [3.63, 3.8) is 0 Å². The summed E-state index contributed by atoms with van der Waals surface area (Å²) in [7, 11) is -4.02. The van der Waals surface area contributed by atoms with Gasteiger partial charge < -0.3 is 24.8 Å². The molecule has 3 rings (SSSR count). The Morgan fingerprint density at radius 2 is 1.74 bits per heavy atom. The third kappa shape index (κ3) is 8.69. The van der Waals surface area contributed by atoms with E-state index in [1.807, 2.05) is 6.07 Å². The normalized spacial score (nSPS) is 11.6. The lowest BCUT2D eigenvalue weighted by molar-refractivity contribution is 0.371. The van der Waals surface area contributed by atoms with Crippen molar-refractivity contribution in [1.82, 2.24) is 5.32 Å². The van der Waals surface area contributed by atoms with Crippen molar-refractivity contribution in [2.45, 2.75) is 38.6 Å². The molecule has 0 saturated heterocycles. The van der Waals surface area contributed by atoms with E-state index in [2.05, 4.69) is 10.6 Å². The van der Waals surface area contributed by atoms with Crippen LogP contribution in [0.5, 0.6) is 0 Å². The molecule has 0 spiro atoms. The second-order valence-corrected chi connectivity index (χ2v) is 10.0. The molecule has 34 heavy (non-hydrogen) atoms. The number of rotatable bonds is 14. The molecule has 1 aromatic heterocycles. The first-order valence-electron chi connectivity index (χ1n) is 11.4. The van der Waals surface area contributed by atoms with Gasteiger partial charge in [-0.3, -0.25) is 4.57 Å². The van der Waals surface area contributed by atoms with Gasteiger partial charge in [0.05, 0.1) is 12.4 Å². The standard InChI is InChI=1S/C25H31F2N2O4P/c26-21-10-8-19(9-11-21)6-2-1-3-13-29-24-17-23(27)20(16-22(24)25-7-4-14-33-25)18-28-12-5-15-34(30,31)32/h4,7-11,14,16-17,28-29H,1-3,5-6,12-13,15,18H2,(H2,30,31,32). The quantitative estimate of drug-likeness (QED) is 0.170. The van der Waals surface area contributed by atoms with Crippen LogP contribution in [0, 0.1) is 11.6 Å². The van der Waals surface area contributed by atoms with Crippen molar-refractivity contribution in [3.8, 4) is 11.3 Å². The lowest BCUT2D eigenvalue weighted by Gasteiger charge is -2.14. The molecule has 6 nitrogen and oxygen atoms in total. The van der Waals surface area contributed by atoms with Gasteiger partial charge in [-0.25, -0.2) is 8.78 Å². The van der Waals surface area contributed by atoms with Crippen LogP contribution >= 0.6 is 7.60 Å². The van der Waals surface area contributed by atoms with Crippen LogP contribution in [-0.2, 0) is 17.5 Å². The van der Waals surface area contributed by atoms with E-state index < -0.39 is 7.60 Å². The van der Waals surface area contributed by atoms with Crippen LogP contribution in [-0.4, -0.2) is 29.0 Å². The van der Waals surface area contributed by atoms with E-state index in [0.29, 0.717) is 36.5 Å². The topological polar surface area (TPSA) is 94.7 Å². The maximum atomic E-state index is 14.8. The minimum Gasteiger partial charge on any atom is -0.464 e. The van der Waals surface area contributed by atoms with Crippen LogP contribution < -0.4 is 10.6 Å². The van der Waals surface area contributed by atoms with Crippen LogP contribution in [0.3, 0.4) is 0 Å². The number of hydrogen-bond donors (Lipinski definition) is 4. The van der Waals surface area contributed by atoms with Crippen LogP contribution in [0.2, 0.25) is 0 Å². The van der Waals surface area contributed by atoms with Crippen molar-refractivity contribution in [1.29, 1.82) is 0 Å². The van der Waals surface area contributed by atoms with Crippen molar-refractivity contribution in [2.24, 2.45) is 0 Å². The minimum absolute atomic E-state index is 0.202. The molecule has 0 amide bonds. The van der Waals surface area contributed by atoms with E-state index in [-0.39, 0.29) is 24.3 Å². The largest absolute Gasteiger partial charge is 0.464 e. The Morgan fingerprint density at radius 3 is 2.44 bits per heavy atom. The number of anilines is 1. The zero-order valence-corrected chi connectivity index (χ0v) is 19.9. The van der Waals surface area contributed by atoms with Crippen molar-refractivity contribution >= 4 is 13.3 Å². The SMILES string of the molecule is O=P(O)(O)CCCNCc1cc(-c2ccco2)c(NCCCCCc2ccc(F)cc2)cc1F. The van der Waals surface area contributed by atoms with E-state index in [1.54, 1.807) is 30.5 Å². The van der Waals surface area contributed by atoms with Crippen molar-refractivity contribution in [3.05, 3.63) is 77.6 Å². The number of halogens is 2. The van der Waals surface area contributed by atoms with Crippen LogP contribution in [0.25, 0.3) is 11.3 Å². The van der Waals surface area contributed by atoms with Crippen LogP contribution in [0.1, 0.15) is 36.8 Å². The zero-order chi connectivity index (χ0) is 24.4. The molecule has 0 bridgehead atoms. The van der Waals surface area contributed by atoms with E-state index in [9.17, 15) is 13.3 Å². The van der Waals surface area contributed by atoms with Gasteiger partial charge in [-0.15, -0.1) is 0 Å². The first-order valence-corrected chi connectivity index (χ1v) is 13.2. The summed E-state index contributed by atoms with van der Waals surface area (Å²) in [5, 5.41) is 6.35. The highest BCUT2D eigenvalue weighted by Gasteiger charge is 2.14. The van der Waals surface area contributed by atoms with Gasteiger partial charge in [0.15, 0.2) is 0 Å². The van der Waals surface area contributed by atoms with Crippen LogP contribution in [0.4, 0.5) is 14.5 Å². The van der Waals surface area contributed by atoms with E-state index in [4.69, 9.17) is 14.2 Å². The summed E-state index contributed by atoms with van der Waals surface area (Å²) >= 11 is 0. The fourth-order valence-corrected chi connectivity index (χ4v) is 4.24. The summed E-state index contributed by atoms with van der Waals surface area (Å²) in [4.78, 5) is 17.8. The average molecular weight is 493 g/mol. The van der Waals surface area contributed by atoms with Crippen molar-refractivity contribution in [2.75, 3.05) is 24.6 Å². The smallest absolute Gasteiger partial charge is 0.325 e. The Labute approximate surface area is 198 Å². The van der Waals surface area contributed by atoms with Gasteiger partial charge >= 0.3 is 7.60 Å². The molecule has 0 unspecified atom stereocenters. The summed E-state index contributed by atoms with van der Waals surface area (Å²) in [5.74, 6) is 0.0346. The molecule has 1 heterocycles. The maximum Gasteiger partial charge on any atom is 0.325 e. The summed E-state index contributed by atoms with van der Waals surface area (Å²) in [6.07, 6.45) is 5.44. The molecule has 3 aromatic rings. The average Bonchev–Trinajstić information content (AvgIpc) is 3.32. The lowest BCUT2D eigenvalue weighted by atomic mass is 10.0. The predicted molar refractivity (Wildman–Crippen MR) is 130 cm³/mol. The zero-order valence-electron chi connectivity index (χ0n) is 19.0. The number of aryl methyl sites for hydroxylation is 1. The fraction of sp³-hybridized carbons (Fsp3) is 0.360. The monoisotopic (exact) mass is 492 g/mol. The van der Waals surface area contributed by atoms with E-state index >= 15 is 0 Å². The highest BCUT2D eigenvalue weighted by Crippen LogP contribution is 2.34. The molecule has 0 aliphatic rings. The molecule has 0 saturated carbocycles. The highest BCUT2D eigenvalue weighted by molar-refractivity contribution is 7.51. The van der Waals surface area contributed by atoms with Crippen molar-refractivity contribution < 1.29 is 27.5 Å². The first-order chi connectivity index (χ1) is 16.3. The van der Waals surface area contributed by atoms with Gasteiger partial charge in [0.25, 0.3) is 0 Å². The van der Waals surface area contributed by atoms with Gasteiger partial charge in [-0.1, -0.05) is 18.6 Å². The minimum atomic E-state index is -4.02. The molecule has 2 aromatic carbocycles. The summed E-state index contributed by atoms with van der Waals surface area (Å²) in [6, 6.07) is 13.4. The third-order valence-corrected chi connectivity index (χ3v) is 6.36. The second-order valence-electron chi connectivity index (χ2n) is 8.25. The molecule has 4 N–H and O–H groups in total. The Balaban J connectivity index is 1.52. The molecular formula is C25H31F2N2O4P. The Kier molecular flexibility index (Phi) is 9.84.